The second-order valence-corrected chi connectivity index (χ2v) is 5.41. The van der Waals surface area contributed by atoms with E-state index >= 15 is 0 Å². The summed E-state index contributed by atoms with van der Waals surface area (Å²) in [6, 6.07) is 0.315. The molecule has 0 spiro atoms. The maximum absolute atomic E-state index is 5.84. The van der Waals surface area contributed by atoms with Crippen LogP contribution in [-0.2, 0) is 18.3 Å². The summed E-state index contributed by atoms with van der Waals surface area (Å²) in [7, 11) is 1.93. The summed E-state index contributed by atoms with van der Waals surface area (Å²) in [5.74, 6) is 0.964. The predicted octanol–water partition coefficient (Wildman–Crippen LogP) is 1.38. The molecule has 0 unspecified atom stereocenters. The molecule has 0 amide bonds. The molecule has 2 aromatic heterocycles. The van der Waals surface area contributed by atoms with Crippen molar-refractivity contribution in [1.29, 1.82) is 0 Å². The maximum atomic E-state index is 5.84. The van der Waals surface area contributed by atoms with Crippen LogP contribution in [0.5, 0.6) is 0 Å². The number of hydrogen-bond donors (Lipinski definition) is 2. The van der Waals surface area contributed by atoms with Crippen LogP contribution in [0.25, 0.3) is 0 Å². The SMILES string of the molecule is Cc1nc(CN[C@@H]2CCO[C@H]2c2cnn(C)c2)c(C)[nH]1. The van der Waals surface area contributed by atoms with Crippen molar-refractivity contribution < 1.29 is 4.74 Å². The Bertz CT molecular complexity index is 588. The fourth-order valence-corrected chi connectivity index (χ4v) is 2.77. The second kappa shape index (κ2) is 5.38. The molecule has 0 aromatic carbocycles. The summed E-state index contributed by atoms with van der Waals surface area (Å²) in [5.41, 5.74) is 3.35. The molecule has 1 saturated heterocycles. The maximum Gasteiger partial charge on any atom is 0.103 e. The Labute approximate surface area is 118 Å². The van der Waals surface area contributed by atoms with Gasteiger partial charge in [-0.2, -0.15) is 5.10 Å². The van der Waals surface area contributed by atoms with E-state index in [-0.39, 0.29) is 6.10 Å². The number of aromatic amines is 1. The second-order valence-electron chi connectivity index (χ2n) is 5.41. The van der Waals surface area contributed by atoms with Crippen molar-refractivity contribution in [1.82, 2.24) is 25.1 Å². The molecule has 6 heteroatoms. The Balaban J connectivity index is 1.66. The van der Waals surface area contributed by atoms with Gasteiger partial charge in [0, 0.05) is 43.7 Å². The molecule has 1 aliphatic rings. The molecular weight excluding hydrogens is 254 g/mol. The van der Waals surface area contributed by atoms with E-state index in [0.717, 1.165) is 42.3 Å². The molecular formula is C14H21N5O. The number of ether oxygens (including phenoxy) is 1. The van der Waals surface area contributed by atoms with Crippen molar-refractivity contribution in [2.75, 3.05) is 6.61 Å². The van der Waals surface area contributed by atoms with Gasteiger partial charge in [0.25, 0.3) is 0 Å². The first-order chi connectivity index (χ1) is 9.63. The van der Waals surface area contributed by atoms with Gasteiger partial charge in [0.05, 0.1) is 11.9 Å². The van der Waals surface area contributed by atoms with Gasteiger partial charge in [-0.15, -0.1) is 0 Å². The molecule has 2 N–H and O–H groups in total. The minimum absolute atomic E-state index is 0.0871. The molecule has 108 valence electrons. The minimum atomic E-state index is 0.0871. The Morgan fingerprint density at radius 1 is 1.50 bits per heavy atom. The smallest absolute Gasteiger partial charge is 0.103 e. The summed E-state index contributed by atoms with van der Waals surface area (Å²) in [4.78, 5) is 7.73. The molecule has 2 atom stereocenters. The van der Waals surface area contributed by atoms with Crippen molar-refractivity contribution in [2.24, 2.45) is 7.05 Å². The van der Waals surface area contributed by atoms with E-state index in [2.05, 4.69) is 27.3 Å². The van der Waals surface area contributed by atoms with E-state index < -0.39 is 0 Å². The highest BCUT2D eigenvalue weighted by Gasteiger charge is 2.30. The standard InChI is InChI=1S/C14H21N5O/c1-9-13(18-10(2)17-9)7-15-12-4-5-20-14(12)11-6-16-19(3)8-11/h6,8,12,14-15H,4-5,7H2,1-3H3,(H,17,18)/t12-,14+/m1/s1. The van der Waals surface area contributed by atoms with Crippen molar-refractivity contribution in [3.63, 3.8) is 0 Å². The van der Waals surface area contributed by atoms with Crippen molar-refractivity contribution in [2.45, 2.75) is 39.0 Å². The molecule has 20 heavy (non-hydrogen) atoms. The third kappa shape index (κ3) is 2.62. The van der Waals surface area contributed by atoms with Gasteiger partial charge in [-0.25, -0.2) is 4.98 Å². The van der Waals surface area contributed by atoms with E-state index in [9.17, 15) is 0 Å². The van der Waals surface area contributed by atoms with Crippen LogP contribution in [0.3, 0.4) is 0 Å². The quantitative estimate of drug-likeness (QED) is 0.884. The van der Waals surface area contributed by atoms with Gasteiger partial charge >= 0.3 is 0 Å². The van der Waals surface area contributed by atoms with Gasteiger partial charge in [-0.1, -0.05) is 0 Å². The number of aryl methyl sites for hydroxylation is 3. The lowest BCUT2D eigenvalue weighted by atomic mass is 10.1. The predicted molar refractivity (Wildman–Crippen MR) is 75.2 cm³/mol. The first-order valence-electron chi connectivity index (χ1n) is 6.99. The highest BCUT2D eigenvalue weighted by molar-refractivity contribution is 5.15. The Morgan fingerprint density at radius 3 is 3.00 bits per heavy atom. The minimum Gasteiger partial charge on any atom is -0.372 e. The summed E-state index contributed by atoms with van der Waals surface area (Å²) in [5, 5.41) is 7.79. The van der Waals surface area contributed by atoms with Crippen LogP contribution in [0.1, 0.15) is 35.3 Å². The number of nitrogens with one attached hydrogen (secondary N) is 2. The zero-order chi connectivity index (χ0) is 14.1. The number of H-pyrrole nitrogens is 1. The molecule has 2 aromatic rings. The molecule has 1 fully saturated rings. The molecule has 0 bridgehead atoms. The average Bonchev–Trinajstić information content (AvgIpc) is 3.07. The highest BCUT2D eigenvalue weighted by Crippen LogP contribution is 2.28. The average molecular weight is 275 g/mol. The number of aromatic nitrogens is 4. The largest absolute Gasteiger partial charge is 0.372 e. The van der Waals surface area contributed by atoms with Crippen LogP contribution in [0.15, 0.2) is 12.4 Å². The van der Waals surface area contributed by atoms with Crippen LogP contribution >= 0.6 is 0 Å². The van der Waals surface area contributed by atoms with E-state index in [1.807, 2.05) is 31.0 Å². The number of nitrogens with zero attached hydrogens (tertiary/aromatic N) is 3. The Hall–Kier alpha value is -1.66. The van der Waals surface area contributed by atoms with E-state index in [1.54, 1.807) is 0 Å². The third-order valence-electron chi connectivity index (χ3n) is 3.78. The zero-order valence-electron chi connectivity index (χ0n) is 12.2. The van der Waals surface area contributed by atoms with Gasteiger partial charge < -0.3 is 15.0 Å². The van der Waals surface area contributed by atoms with Gasteiger partial charge in [0.1, 0.15) is 11.9 Å². The summed E-state index contributed by atoms with van der Waals surface area (Å²) in [6.45, 7) is 5.59. The Morgan fingerprint density at radius 2 is 2.35 bits per heavy atom. The van der Waals surface area contributed by atoms with E-state index in [4.69, 9.17) is 4.74 Å². The zero-order valence-corrected chi connectivity index (χ0v) is 12.2. The van der Waals surface area contributed by atoms with Crippen LogP contribution in [0, 0.1) is 13.8 Å². The number of rotatable bonds is 4. The van der Waals surface area contributed by atoms with Gasteiger partial charge in [-0.3, -0.25) is 4.68 Å². The molecule has 0 saturated carbocycles. The molecule has 1 aliphatic heterocycles. The normalized spacial score (nSPS) is 22.6. The lowest BCUT2D eigenvalue weighted by Crippen LogP contribution is -2.31. The van der Waals surface area contributed by atoms with Gasteiger partial charge in [0.2, 0.25) is 0 Å². The first kappa shape index (κ1) is 13.3. The van der Waals surface area contributed by atoms with Crippen molar-refractivity contribution >= 4 is 0 Å². The van der Waals surface area contributed by atoms with E-state index in [0.29, 0.717) is 6.04 Å². The summed E-state index contributed by atoms with van der Waals surface area (Å²) >= 11 is 0. The van der Waals surface area contributed by atoms with Crippen molar-refractivity contribution in [3.05, 3.63) is 35.2 Å². The van der Waals surface area contributed by atoms with Gasteiger partial charge in [-0.05, 0) is 20.3 Å². The van der Waals surface area contributed by atoms with Crippen molar-refractivity contribution in [3.8, 4) is 0 Å². The highest BCUT2D eigenvalue weighted by atomic mass is 16.5. The van der Waals surface area contributed by atoms with Crippen LogP contribution < -0.4 is 5.32 Å². The fourth-order valence-electron chi connectivity index (χ4n) is 2.77. The molecule has 6 nitrogen and oxygen atoms in total. The molecule has 3 rings (SSSR count). The molecule has 0 aliphatic carbocycles. The molecule has 3 heterocycles. The van der Waals surface area contributed by atoms with Crippen LogP contribution in [-0.4, -0.2) is 32.4 Å². The number of imidazole rings is 1. The third-order valence-corrected chi connectivity index (χ3v) is 3.78. The molecule has 0 radical (unpaired) electrons. The fraction of sp³-hybridized carbons (Fsp3) is 0.571. The Kier molecular flexibility index (Phi) is 3.58. The van der Waals surface area contributed by atoms with E-state index in [1.165, 1.54) is 0 Å². The monoisotopic (exact) mass is 275 g/mol. The summed E-state index contributed by atoms with van der Waals surface area (Å²) < 4.78 is 7.66. The lowest BCUT2D eigenvalue weighted by Gasteiger charge is -2.18. The van der Waals surface area contributed by atoms with Gasteiger partial charge in [0.15, 0.2) is 0 Å². The summed E-state index contributed by atoms with van der Waals surface area (Å²) in [6.07, 6.45) is 5.01. The lowest BCUT2D eigenvalue weighted by molar-refractivity contribution is 0.0983. The topological polar surface area (TPSA) is 67.8 Å². The number of hydrogen-bond acceptors (Lipinski definition) is 4. The van der Waals surface area contributed by atoms with Crippen LogP contribution in [0.2, 0.25) is 0 Å². The first-order valence-corrected chi connectivity index (χ1v) is 6.99. The van der Waals surface area contributed by atoms with Crippen LogP contribution in [0.4, 0.5) is 0 Å².